The summed E-state index contributed by atoms with van der Waals surface area (Å²) in [4.78, 5) is 12.5. The highest BCUT2D eigenvalue weighted by Gasteiger charge is 2.22. The van der Waals surface area contributed by atoms with Gasteiger partial charge >= 0.3 is 0 Å². The number of carbonyl (C=O) groups excluding carboxylic acids is 1. The van der Waals surface area contributed by atoms with Crippen molar-refractivity contribution in [3.63, 3.8) is 0 Å². The second-order valence-electron chi connectivity index (χ2n) is 8.36. The second kappa shape index (κ2) is 10.8. The zero-order valence-corrected chi connectivity index (χ0v) is 19.9. The number of hydrogen-bond donors (Lipinski definition) is 1. The molecule has 1 fully saturated rings. The van der Waals surface area contributed by atoms with E-state index in [0.717, 1.165) is 41.4 Å². The van der Waals surface area contributed by atoms with Gasteiger partial charge in [-0.15, -0.1) is 10.2 Å². The molecule has 1 amide bonds. The molecule has 0 spiro atoms. The third-order valence-electron chi connectivity index (χ3n) is 5.85. The molecule has 0 aliphatic carbocycles. The molecule has 4 aromatic rings. The number of nitrogens with zero attached hydrogens (tertiary/aromatic N) is 3. The Hall–Kier alpha value is -3.49. The number of aromatic nitrogens is 3. The molecule has 1 aliphatic rings. The summed E-state index contributed by atoms with van der Waals surface area (Å²) in [6.45, 7) is 1.42. The van der Waals surface area contributed by atoms with E-state index in [9.17, 15) is 9.18 Å². The number of thioether (sulfide) groups is 1. The van der Waals surface area contributed by atoms with E-state index in [4.69, 9.17) is 4.74 Å². The molecule has 0 unspecified atom stereocenters. The zero-order chi connectivity index (χ0) is 24.0. The highest BCUT2D eigenvalue weighted by molar-refractivity contribution is 7.98. The van der Waals surface area contributed by atoms with Crippen molar-refractivity contribution in [3.8, 4) is 11.4 Å². The smallest absolute Gasteiger partial charge is 0.255 e. The fraction of sp³-hybridized carbons (Fsp3) is 0.222. The van der Waals surface area contributed by atoms with E-state index in [1.807, 2.05) is 54.6 Å². The van der Waals surface area contributed by atoms with Crippen molar-refractivity contribution in [2.45, 2.75) is 36.4 Å². The van der Waals surface area contributed by atoms with E-state index in [0.29, 0.717) is 23.7 Å². The Balaban J connectivity index is 1.29. The van der Waals surface area contributed by atoms with E-state index in [1.165, 1.54) is 12.1 Å². The predicted molar refractivity (Wildman–Crippen MR) is 135 cm³/mol. The van der Waals surface area contributed by atoms with Gasteiger partial charge in [-0.3, -0.25) is 9.36 Å². The van der Waals surface area contributed by atoms with Crippen LogP contribution in [0.1, 0.15) is 28.8 Å². The first kappa shape index (κ1) is 23.3. The SMILES string of the molecule is O=C(Nc1ccccc1)c1ccc(CSc2nnc(-c3ccc(F)cc3)n2C[C@H]2CCCO2)cc1. The molecule has 6 nitrogen and oxygen atoms in total. The molecule has 1 N–H and O–H groups in total. The standard InChI is InChI=1S/C27H25FN4O2S/c28-22-14-12-20(13-15-22)25-30-31-27(32(25)17-24-7-4-16-34-24)35-18-19-8-10-21(11-9-19)26(33)29-23-5-2-1-3-6-23/h1-3,5-6,8-15,24H,4,7,16-18H2,(H,29,33)/t24-/m1/s1. The van der Waals surface area contributed by atoms with E-state index >= 15 is 0 Å². The van der Waals surface area contributed by atoms with Crippen LogP contribution in [0.2, 0.25) is 0 Å². The number of benzene rings is 3. The lowest BCUT2D eigenvalue weighted by Crippen LogP contribution is -2.16. The molecule has 0 bridgehead atoms. The van der Waals surface area contributed by atoms with Crippen LogP contribution in [-0.2, 0) is 17.0 Å². The van der Waals surface area contributed by atoms with Crippen molar-refractivity contribution in [2.75, 3.05) is 11.9 Å². The Morgan fingerprint density at radius 3 is 2.51 bits per heavy atom. The lowest BCUT2D eigenvalue weighted by molar-refractivity contribution is 0.0953. The average molecular weight is 489 g/mol. The van der Waals surface area contributed by atoms with Gasteiger partial charge in [-0.25, -0.2) is 4.39 Å². The first-order valence-corrected chi connectivity index (χ1v) is 12.5. The number of ether oxygens (including phenoxy) is 1. The molecule has 1 saturated heterocycles. The summed E-state index contributed by atoms with van der Waals surface area (Å²) >= 11 is 1.58. The molecule has 1 atom stereocenters. The molecule has 8 heteroatoms. The minimum atomic E-state index is -0.283. The van der Waals surface area contributed by atoms with E-state index in [2.05, 4.69) is 20.1 Å². The first-order valence-electron chi connectivity index (χ1n) is 11.5. The Morgan fingerprint density at radius 2 is 1.80 bits per heavy atom. The van der Waals surface area contributed by atoms with Gasteiger partial charge in [0, 0.05) is 29.2 Å². The van der Waals surface area contributed by atoms with Crippen LogP contribution in [0.15, 0.2) is 84.0 Å². The van der Waals surface area contributed by atoms with Gasteiger partial charge in [0.25, 0.3) is 5.91 Å². The maximum Gasteiger partial charge on any atom is 0.255 e. The lowest BCUT2D eigenvalue weighted by atomic mass is 10.1. The van der Waals surface area contributed by atoms with Gasteiger partial charge in [0.2, 0.25) is 0 Å². The van der Waals surface area contributed by atoms with Gasteiger partial charge in [0.1, 0.15) is 5.82 Å². The number of amides is 1. The van der Waals surface area contributed by atoms with Crippen LogP contribution in [0.3, 0.4) is 0 Å². The lowest BCUT2D eigenvalue weighted by Gasteiger charge is -2.15. The molecule has 0 saturated carbocycles. The molecule has 35 heavy (non-hydrogen) atoms. The largest absolute Gasteiger partial charge is 0.376 e. The van der Waals surface area contributed by atoms with Crippen LogP contribution < -0.4 is 5.32 Å². The van der Waals surface area contributed by atoms with Gasteiger partial charge < -0.3 is 10.1 Å². The first-order chi connectivity index (χ1) is 17.2. The third kappa shape index (κ3) is 5.78. The molecule has 2 heterocycles. The number of hydrogen-bond acceptors (Lipinski definition) is 5. The van der Waals surface area contributed by atoms with Gasteiger partial charge in [-0.1, -0.05) is 42.1 Å². The molecular formula is C27H25FN4O2S. The maximum atomic E-state index is 13.4. The van der Waals surface area contributed by atoms with Crippen molar-refractivity contribution in [2.24, 2.45) is 0 Å². The average Bonchev–Trinajstić information content (AvgIpc) is 3.55. The number of para-hydroxylation sites is 1. The molecular weight excluding hydrogens is 463 g/mol. The fourth-order valence-electron chi connectivity index (χ4n) is 3.99. The Labute approximate surface area is 207 Å². The van der Waals surface area contributed by atoms with Crippen LogP contribution in [0.4, 0.5) is 10.1 Å². The number of anilines is 1. The number of carbonyl (C=O) groups is 1. The Morgan fingerprint density at radius 1 is 1.03 bits per heavy atom. The van der Waals surface area contributed by atoms with Crippen LogP contribution in [-0.4, -0.2) is 33.4 Å². The van der Waals surface area contributed by atoms with Gasteiger partial charge in [0.15, 0.2) is 11.0 Å². The minimum Gasteiger partial charge on any atom is -0.376 e. The summed E-state index contributed by atoms with van der Waals surface area (Å²) < 4.78 is 21.4. The van der Waals surface area contributed by atoms with E-state index in [1.54, 1.807) is 23.9 Å². The molecule has 5 rings (SSSR count). The van der Waals surface area contributed by atoms with Gasteiger partial charge in [0.05, 0.1) is 12.6 Å². The Kier molecular flexibility index (Phi) is 7.20. The number of halogens is 1. The monoisotopic (exact) mass is 488 g/mol. The van der Waals surface area contributed by atoms with Gasteiger partial charge in [-0.2, -0.15) is 0 Å². The van der Waals surface area contributed by atoms with Crippen molar-refractivity contribution in [1.29, 1.82) is 0 Å². The van der Waals surface area contributed by atoms with Crippen molar-refractivity contribution < 1.29 is 13.9 Å². The van der Waals surface area contributed by atoms with Crippen molar-refractivity contribution >= 4 is 23.4 Å². The fourth-order valence-corrected chi connectivity index (χ4v) is 4.89. The summed E-state index contributed by atoms with van der Waals surface area (Å²) in [5.74, 6) is 0.953. The third-order valence-corrected chi connectivity index (χ3v) is 6.88. The van der Waals surface area contributed by atoms with Crippen LogP contribution in [0, 0.1) is 5.82 Å². The number of rotatable bonds is 8. The number of nitrogens with one attached hydrogen (secondary N) is 1. The predicted octanol–water partition coefficient (Wildman–Crippen LogP) is 5.81. The van der Waals surface area contributed by atoms with Crippen molar-refractivity contribution in [3.05, 3.63) is 95.8 Å². The van der Waals surface area contributed by atoms with Crippen LogP contribution >= 0.6 is 11.8 Å². The van der Waals surface area contributed by atoms with Crippen molar-refractivity contribution in [1.82, 2.24) is 14.8 Å². The molecule has 0 radical (unpaired) electrons. The summed E-state index contributed by atoms with van der Waals surface area (Å²) in [5, 5.41) is 12.5. The molecule has 178 valence electrons. The zero-order valence-electron chi connectivity index (χ0n) is 19.1. The Bertz CT molecular complexity index is 1270. The summed E-state index contributed by atoms with van der Waals surface area (Å²) in [5.41, 5.74) is 3.25. The van der Waals surface area contributed by atoms with Gasteiger partial charge in [-0.05, 0) is 66.9 Å². The molecule has 3 aromatic carbocycles. The van der Waals surface area contributed by atoms with Crippen LogP contribution in [0.25, 0.3) is 11.4 Å². The highest BCUT2D eigenvalue weighted by Crippen LogP contribution is 2.28. The van der Waals surface area contributed by atoms with Crippen LogP contribution in [0.5, 0.6) is 0 Å². The highest BCUT2D eigenvalue weighted by atomic mass is 32.2. The molecule has 1 aliphatic heterocycles. The second-order valence-corrected chi connectivity index (χ2v) is 9.31. The summed E-state index contributed by atoms with van der Waals surface area (Å²) in [7, 11) is 0. The summed E-state index contributed by atoms with van der Waals surface area (Å²) in [6.07, 6.45) is 2.16. The topological polar surface area (TPSA) is 69.0 Å². The summed E-state index contributed by atoms with van der Waals surface area (Å²) in [6, 6.07) is 23.3. The molecule has 1 aromatic heterocycles. The quantitative estimate of drug-likeness (QED) is 0.317. The maximum absolute atomic E-state index is 13.4. The minimum absolute atomic E-state index is 0.118. The normalized spacial score (nSPS) is 15.3. The van der Waals surface area contributed by atoms with E-state index < -0.39 is 0 Å². The van der Waals surface area contributed by atoms with E-state index in [-0.39, 0.29) is 17.8 Å².